The van der Waals surface area contributed by atoms with Gasteiger partial charge in [0.1, 0.15) is 0 Å². The minimum Gasteiger partial charge on any atom is -0.459 e. The second-order valence-corrected chi connectivity index (χ2v) is 5.05. The molecule has 0 radical (unpaired) electrons. The highest BCUT2D eigenvalue weighted by atomic mass is 16.3. The number of amides is 2. The van der Waals surface area contributed by atoms with Crippen molar-refractivity contribution in [1.29, 1.82) is 0 Å². The van der Waals surface area contributed by atoms with Crippen LogP contribution in [-0.2, 0) is 0 Å². The SMILES string of the molecule is C[C@@H]1CN(C(=O)c2ccco2)CCN1C(=O)c1ccco1. The summed E-state index contributed by atoms with van der Waals surface area (Å²) in [5, 5.41) is 0. The molecule has 2 aromatic rings. The highest BCUT2D eigenvalue weighted by Crippen LogP contribution is 2.16. The first kappa shape index (κ1) is 13.5. The first-order valence-electron chi connectivity index (χ1n) is 6.84. The van der Waals surface area contributed by atoms with E-state index in [9.17, 15) is 9.59 Å². The third kappa shape index (κ3) is 2.56. The molecule has 3 rings (SSSR count). The number of rotatable bonds is 2. The van der Waals surface area contributed by atoms with Crippen LogP contribution >= 0.6 is 0 Å². The highest BCUT2D eigenvalue weighted by molar-refractivity contribution is 5.93. The van der Waals surface area contributed by atoms with E-state index in [0.717, 1.165) is 0 Å². The quantitative estimate of drug-likeness (QED) is 0.846. The van der Waals surface area contributed by atoms with Crippen LogP contribution in [0.5, 0.6) is 0 Å². The topological polar surface area (TPSA) is 66.9 Å². The molecule has 0 aromatic carbocycles. The van der Waals surface area contributed by atoms with Crippen molar-refractivity contribution in [2.75, 3.05) is 19.6 Å². The summed E-state index contributed by atoms with van der Waals surface area (Å²) in [5.41, 5.74) is 0. The number of piperazine rings is 1. The summed E-state index contributed by atoms with van der Waals surface area (Å²) in [6.45, 7) is 3.36. The fourth-order valence-corrected chi connectivity index (χ4v) is 2.54. The lowest BCUT2D eigenvalue weighted by atomic mass is 10.1. The third-order valence-corrected chi connectivity index (χ3v) is 3.64. The monoisotopic (exact) mass is 288 g/mol. The molecule has 1 fully saturated rings. The Balaban J connectivity index is 1.67. The van der Waals surface area contributed by atoms with Gasteiger partial charge in [-0.3, -0.25) is 9.59 Å². The Morgan fingerprint density at radius 1 is 1.05 bits per heavy atom. The van der Waals surface area contributed by atoms with Crippen molar-refractivity contribution in [2.24, 2.45) is 0 Å². The van der Waals surface area contributed by atoms with Crippen molar-refractivity contribution < 1.29 is 18.4 Å². The lowest BCUT2D eigenvalue weighted by Crippen LogP contribution is -2.55. The van der Waals surface area contributed by atoms with E-state index in [2.05, 4.69) is 0 Å². The Labute approximate surface area is 121 Å². The molecule has 0 spiro atoms. The Morgan fingerprint density at radius 2 is 1.67 bits per heavy atom. The molecule has 0 N–H and O–H groups in total. The number of hydrogen-bond acceptors (Lipinski definition) is 4. The average molecular weight is 288 g/mol. The summed E-state index contributed by atoms with van der Waals surface area (Å²) < 4.78 is 10.3. The van der Waals surface area contributed by atoms with Gasteiger partial charge in [-0.2, -0.15) is 0 Å². The van der Waals surface area contributed by atoms with Crippen molar-refractivity contribution in [3.63, 3.8) is 0 Å². The number of furan rings is 2. The first-order valence-corrected chi connectivity index (χ1v) is 6.84. The summed E-state index contributed by atoms with van der Waals surface area (Å²) in [6.07, 6.45) is 2.96. The zero-order valence-corrected chi connectivity index (χ0v) is 11.7. The maximum Gasteiger partial charge on any atom is 0.289 e. The molecule has 0 unspecified atom stereocenters. The molecular weight excluding hydrogens is 272 g/mol. The van der Waals surface area contributed by atoms with E-state index >= 15 is 0 Å². The fourth-order valence-electron chi connectivity index (χ4n) is 2.54. The maximum atomic E-state index is 12.3. The van der Waals surface area contributed by atoms with Crippen molar-refractivity contribution in [1.82, 2.24) is 9.80 Å². The Kier molecular flexibility index (Phi) is 3.51. The van der Waals surface area contributed by atoms with E-state index in [1.54, 1.807) is 34.1 Å². The molecule has 2 aromatic heterocycles. The van der Waals surface area contributed by atoms with Crippen LogP contribution in [0.25, 0.3) is 0 Å². The molecule has 6 nitrogen and oxygen atoms in total. The minimum absolute atomic E-state index is 0.0738. The van der Waals surface area contributed by atoms with Gasteiger partial charge >= 0.3 is 0 Å². The van der Waals surface area contributed by atoms with Crippen LogP contribution in [-0.4, -0.2) is 47.3 Å². The fraction of sp³-hybridized carbons (Fsp3) is 0.333. The Bertz CT molecular complexity index is 618. The zero-order chi connectivity index (χ0) is 14.8. The highest BCUT2D eigenvalue weighted by Gasteiger charge is 2.32. The van der Waals surface area contributed by atoms with Gasteiger partial charge in [-0.1, -0.05) is 0 Å². The molecule has 0 bridgehead atoms. The van der Waals surface area contributed by atoms with E-state index < -0.39 is 0 Å². The van der Waals surface area contributed by atoms with E-state index in [0.29, 0.717) is 31.2 Å². The van der Waals surface area contributed by atoms with Gasteiger partial charge in [-0.15, -0.1) is 0 Å². The predicted octanol–water partition coefficient (Wildman–Crippen LogP) is 1.86. The van der Waals surface area contributed by atoms with Gasteiger partial charge in [0.15, 0.2) is 11.5 Å². The third-order valence-electron chi connectivity index (χ3n) is 3.64. The first-order chi connectivity index (χ1) is 10.2. The Morgan fingerprint density at radius 3 is 2.19 bits per heavy atom. The van der Waals surface area contributed by atoms with Crippen molar-refractivity contribution >= 4 is 11.8 Å². The van der Waals surface area contributed by atoms with E-state index in [1.807, 2.05) is 6.92 Å². The Hall–Kier alpha value is -2.50. The molecule has 1 saturated heterocycles. The molecule has 1 aliphatic rings. The molecule has 21 heavy (non-hydrogen) atoms. The lowest BCUT2D eigenvalue weighted by Gasteiger charge is -2.39. The van der Waals surface area contributed by atoms with Crippen molar-refractivity contribution in [2.45, 2.75) is 13.0 Å². The molecule has 1 atom stereocenters. The second kappa shape index (κ2) is 5.47. The summed E-state index contributed by atoms with van der Waals surface area (Å²) in [4.78, 5) is 27.9. The predicted molar refractivity (Wildman–Crippen MR) is 73.8 cm³/mol. The number of carbonyl (C=O) groups excluding carboxylic acids is 2. The lowest BCUT2D eigenvalue weighted by molar-refractivity contribution is 0.0381. The summed E-state index contributed by atoms with van der Waals surface area (Å²) >= 11 is 0. The molecule has 3 heterocycles. The number of carbonyl (C=O) groups is 2. The standard InChI is InChI=1S/C15H16N2O4/c1-11-10-16(14(18)12-4-2-8-20-12)6-7-17(11)15(19)13-5-3-9-21-13/h2-5,8-9,11H,6-7,10H2,1H3/t11-/m1/s1. The number of hydrogen-bond donors (Lipinski definition) is 0. The van der Waals surface area contributed by atoms with Gasteiger partial charge in [0, 0.05) is 25.7 Å². The normalized spacial score (nSPS) is 18.8. The molecule has 1 aliphatic heterocycles. The van der Waals surface area contributed by atoms with Crippen LogP contribution < -0.4 is 0 Å². The van der Waals surface area contributed by atoms with Crippen LogP contribution in [0.2, 0.25) is 0 Å². The zero-order valence-electron chi connectivity index (χ0n) is 11.7. The van der Waals surface area contributed by atoms with Gasteiger partial charge in [0.2, 0.25) is 0 Å². The molecular formula is C15H16N2O4. The van der Waals surface area contributed by atoms with Gasteiger partial charge in [-0.05, 0) is 31.2 Å². The van der Waals surface area contributed by atoms with E-state index in [4.69, 9.17) is 8.83 Å². The molecule has 0 saturated carbocycles. The van der Waals surface area contributed by atoms with Crippen LogP contribution in [0.4, 0.5) is 0 Å². The summed E-state index contributed by atoms with van der Waals surface area (Å²) in [6, 6.07) is 6.60. The van der Waals surface area contributed by atoms with E-state index in [-0.39, 0.29) is 17.9 Å². The van der Waals surface area contributed by atoms with E-state index in [1.165, 1.54) is 12.5 Å². The average Bonchev–Trinajstić information content (AvgIpc) is 3.18. The van der Waals surface area contributed by atoms with Crippen molar-refractivity contribution in [3.8, 4) is 0 Å². The second-order valence-electron chi connectivity index (χ2n) is 5.05. The largest absolute Gasteiger partial charge is 0.459 e. The molecule has 6 heteroatoms. The maximum absolute atomic E-state index is 12.3. The molecule has 2 amide bonds. The smallest absolute Gasteiger partial charge is 0.289 e. The number of nitrogens with zero attached hydrogens (tertiary/aromatic N) is 2. The molecule has 0 aliphatic carbocycles. The van der Waals surface area contributed by atoms with Gasteiger partial charge in [-0.25, -0.2) is 0 Å². The summed E-state index contributed by atoms with van der Waals surface area (Å²) in [7, 11) is 0. The minimum atomic E-state index is -0.142. The molecule has 110 valence electrons. The van der Waals surface area contributed by atoms with Crippen LogP contribution in [0.1, 0.15) is 28.0 Å². The van der Waals surface area contributed by atoms with Gasteiger partial charge < -0.3 is 18.6 Å². The van der Waals surface area contributed by atoms with Gasteiger partial charge in [0.25, 0.3) is 11.8 Å². The van der Waals surface area contributed by atoms with Crippen LogP contribution in [0, 0.1) is 0 Å². The van der Waals surface area contributed by atoms with Crippen LogP contribution in [0.15, 0.2) is 45.6 Å². The van der Waals surface area contributed by atoms with Gasteiger partial charge in [0.05, 0.1) is 12.5 Å². The summed E-state index contributed by atoms with van der Waals surface area (Å²) in [5.74, 6) is 0.371. The van der Waals surface area contributed by atoms with Crippen LogP contribution in [0.3, 0.4) is 0 Å². The van der Waals surface area contributed by atoms with Crippen molar-refractivity contribution in [3.05, 3.63) is 48.3 Å².